The zero-order valence-electron chi connectivity index (χ0n) is 10.3. The van der Waals surface area contributed by atoms with Gasteiger partial charge in [0.2, 0.25) is 0 Å². The Balaban J connectivity index is 3.16. The molecule has 1 rings (SSSR count). The van der Waals surface area contributed by atoms with E-state index in [4.69, 9.17) is 0 Å². The SMILES string of the molecule is CCCc1nnc(C)n1C(C(=O)O)C(C)C. The highest BCUT2D eigenvalue weighted by Gasteiger charge is 2.27. The van der Waals surface area contributed by atoms with Crippen LogP contribution in [0.2, 0.25) is 0 Å². The second-order valence-electron chi connectivity index (χ2n) is 4.31. The Labute approximate surface area is 95.5 Å². The topological polar surface area (TPSA) is 68.0 Å². The van der Waals surface area contributed by atoms with E-state index >= 15 is 0 Å². The minimum absolute atomic E-state index is 0.0165. The fraction of sp³-hybridized carbons (Fsp3) is 0.727. The van der Waals surface area contributed by atoms with Crippen LogP contribution >= 0.6 is 0 Å². The third kappa shape index (κ3) is 2.40. The number of aliphatic carboxylic acids is 1. The number of carboxylic acids is 1. The smallest absolute Gasteiger partial charge is 0.327 e. The molecule has 0 saturated carbocycles. The lowest BCUT2D eigenvalue weighted by atomic mass is 10.0. The quantitative estimate of drug-likeness (QED) is 0.830. The fourth-order valence-electron chi connectivity index (χ4n) is 1.86. The lowest BCUT2D eigenvalue weighted by Crippen LogP contribution is -2.26. The van der Waals surface area contributed by atoms with Crippen LogP contribution in [0.3, 0.4) is 0 Å². The summed E-state index contributed by atoms with van der Waals surface area (Å²) in [6, 6.07) is -0.573. The largest absolute Gasteiger partial charge is 0.480 e. The molecule has 0 saturated heterocycles. The van der Waals surface area contributed by atoms with Crippen LogP contribution in [0.15, 0.2) is 0 Å². The van der Waals surface area contributed by atoms with Gasteiger partial charge >= 0.3 is 5.97 Å². The van der Waals surface area contributed by atoms with Crippen molar-refractivity contribution in [2.75, 3.05) is 0 Å². The Bertz CT molecular complexity index is 371. The number of hydrogen-bond donors (Lipinski definition) is 1. The highest BCUT2D eigenvalue weighted by Crippen LogP contribution is 2.21. The summed E-state index contributed by atoms with van der Waals surface area (Å²) in [6.07, 6.45) is 1.69. The summed E-state index contributed by atoms with van der Waals surface area (Å²) in [5.74, 6) is 0.628. The molecule has 1 unspecified atom stereocenters. The van der Waals surface area contributed by atoms with Crippen molar-refractivity contribution in [3.8, 4) is 0 Å². The number of rotatable bonds is 5. The van der Waals surface area contributed by atoms with Crippen LogP contribution in [0.4, 0.5) is 0 Å². The third-order valence-corrected chi connectivity index (χ3v) is 2.57. The molecule has 1 N–H and O–H groups in total. The Kier molecular flexibility index (Phi) is 4.04. The molecule has 0 fully saturated rings. The molecule has 90 valence electrons. The fourth-order valence-corrected chi connectivity index (χ4v) is 1.86. The number of carbonyl (C=O) groups is 1. The van der Waals surface area contributed by atoms with E-state index in [-0.39, 0.29) is 5.92 Å². The predicted molar refractivity (Wildman–Crippen MR) is 60.3 cm³/mol. The summed E-state index contributed by atoms with van der Waals surface area (Å²) < 4.78 is 1.75. The van der Waals surface area contributed by atoms with Crippen molar-refractivity contribution in [2.24, 2.45) is 5.92 Å². The Morgan fingerprint density at radius 2 is 2.06 bits per heavy atom. The van der Waals surface area contributed by atoms with E-state index in [0.717, 1.165) is 18.7 Å². The second kappa shape index (κ2) is 5.09. The Morgan fingerprint density at radius 3 is 2.50 bits per heavy atom. The van der Waals surface area contributed by atoms with Gasteiger partial charge in [0.25, 0.3) is 0 Å². The minimum Gasteiger partial charge on any atom is -0.480 e. The van der Waals surface area contributed by atoms with Gasteiger partial charge < -0.3 is 9.67 Å². The first-order valence-electron chi connectivity index (χ1n) is 5.62. The van der Waals surface area contributed by atoms with E-state index in [0.29, 0.717) is 5.82 Å². The maximum Gasteiger partial charge on any atom is 0.327 e. The minimum atomic E-state index is -0.824. The van der Waals surface area contributed by atoms with Crippen LogP contribution in [0.25, 0.3) is 0 Å². The summed E-state index contributed by atoms with van der Waals surface area (Å²) in [4.78, 5) is 11.3. The number of carboxylic acid groups (broad SMARTS) is 1. The van der Waals surface area contributed by atoms with E-state index in [2.05, 4.69) is 10.2 Å². The van der Waals surface area contributed by atoms with Crippen molar-refractivity contribution in [3.63, 3.8) is 0 Å². The Hall–Kier alpha value is -1.39. The van der Waals surface area contributed by atoms with Crippen molar-refractivity contribution in [1.82, 2.24) is 14.8 Å². The van der Waals surface area contributed by atoms with Crippen LogP contribution in [0.5, 0.6) is 0 Å². The maximum absolute atomic E-state index is 11.3. The van der Waals surface area contributed by atoms with Crippen molar-refractivity contribution in [3.05, 3.63) is 11.6 Å². The summed E-state index contributed by atoms with van der Waals surface area (Å²) >= 11 is 0. The molecule has 5 nitrogen and oxygen atoms in total. The molecular formula is C11H19N3O2. The average Bonchev–Trinajstić information content (AvgIpc) is 2.50. The first-order valence-corrected chi connectivity index (χ1v) is 5.62. The van der Waals surface area contributed by atoms with Crippen molar-refractivity contribution in [2.45, 2.75) is 46.6 Å². The van der Waals surface area contributed by atoms with E-state index in [9.17, 15) is 9.90 Å². The van der Waals surface area contributed by atoms with Gasteiger partial charge in [-0.25, -0.2) is 4.79 Å². The standard InChI is InChI=1S/C11H19N3O2/c1-5-6-9-13-12-8(4)14(9)10(7(2)3)11(15)16/h7,10H,5-6H2,1-4H3,(H,15,16). The number of hydrogen-bond acceptors (Lipinski definition) is 3. The van der Waals surface area contributed by atoms with Gasteiger partial charge in [-0.2, -0.15) is 0 Å². The predicted octanol–water partition coefficient (Wildman–Crippen LogP) is 1.82. The summed E-state index contributed by atoms with van der Waals surface area (Å²) in [7, 11) is 0. The van der Waals surface area contributed by atoms with Gasteiger partial charge in [0.15, 0.2) is 0 Å². The molecule has 0 radical (unpaired) electrons. The van der Waals surface area contributed by atoms with E-state index < -0.39 is 12.0 Å². The van der Waals surface area contributed by atoms with E-state index in [1.54, 1.807) is 11.5 Å². The van der Waals surface area contributed by atoms with Crippen LogP contribution < -0.4 is 0 Å². The zero-order valence-corrected chi connectivity index (χ0v) is 10.3. The molecule has 1 heterocycles. The van der Waals surface area contributed by atoms with Gasteiger partial charge in [0, 0.05) is 6.42 Å². The number of aryl methyl sites for hydroxylation is 2. The van der Waals surface area contributed by atoms with E-state index in [1.807, 2.05) is 20.8 Å². The van der Waals surface area contributed by atoms with Gasteiger partial charge in [0.1, 0.15) is 17.7 Å². The first-order chi connectivity index (χ1) is 7.49. The molecule has 0 aliphatic rings. The normalized spacial score (nSPS) is 13.1. The Morgan fingerprint density at radius 1 is 1.44 bits per heavy atom. The van der Waals surface area contributed by atoms with Crippen LogP contribution in [-0.2, 0) is 11.2 Å². The number of nitrogens with zero attached hydrogens (tertiary/aromatic N) is 3. The molecule has 5 heteroatoms. The van der Waals surface area contributed by atoms with Crippen molar-refractivity contribution < 1.29 is 9.90 Å². The molecule has 0 amide bonds. The molecule has 1 aromatic heterocycles. The molecule has 0 aliphatic heterocycles. The second-order valence-corrected chi connectivity index (χ2v) is 4.31. The van der Waals surface area contributed by atoms with Crippen molar-refractivity contribution >= 4 is 5.97 Å². The van der Waals surface area contributed by atoms with Gasteiger partial charge in [-0.1, -0.05) is 20.8 Å². The lowest BCUT2D eigenvalue weighted by Gasteiger charge is -2.20. The molecule has 1 atom stereocenters. The monoisotopic (exact) mass is 225 g/mol. The highest BCUT2D eigenvalue weighted by atomic mass is 16.4. The van der Waals surface area contributed by atoms with Gasteiger partial charge in [0.05, 0.1) is 0 Å². The molecular weight excluding hydrogens is 206 g/mol. The lowest BCUT2D eigenvalue weighted by molar-refractivity contribution is -0.142. The van der Waals surface area contributed by atoms with Crippen molar-refractivity contribution in [1.29, 1.82) is 0 Å². The number of aromatic nitrogens is 3. The molecule has 0 aromatic carbocycles. The summed E-state index contributed by atoms with van der Waals surface area (Å²) in [5.41, 5.74) is 0. The van der Waals surface area contributed by atoms with Gasteiger partial charge in [-0.15, -0.1) is 10.2 Å². The molecule has 0 aliphatic carbocycles. The molecule has 0 spiro atoms. The van der Waals surface area contributed by atoms with Gasteiger partial charge in [-0.05, 0) is 19.3 Å². The van der Waals surface area contributed by atoms with E-state index in [1.165, 1.54) is 0 Å². The van der Waals surface area contributed by atoms with Crippen LogP contribution in [0.1, 0.15) is 44.9 Å². The molecule has 0 bridgehead atoms. The zero-order chi connectivity index (χ0) is 12.3. The van der Waals surface area contributed by atoms with Crippen LogP contribution in [-0.4, -0.2) is 25.8 Å². The molecule has 16 heavy (non-hydrogen) atoms. The summed E-state index contributed by atoms with van der Waals surface area (Å²) in [6.45, 7) is 7.63. The van der Waals surface area contributed by atoms with Gasteiger partial charge in [-0.3, -0.25) is 0 Å². The molecule has 1 aromatic rings. The van der Waals surface area contributed by atoms with Crippen LogP contribution in [0, 0.1) is 12.8 Å². The summed E-state index contributed by atoms with van der Waals surface area (Å²) in [5, 5.41) is 17.3. The first kappa shape index (κ1) is 12.7. The third-order valence-electron chi connectivity index (χ3n) is 2.57. The average molecular weight is 225 g/mol. The highest BCUT2D eigenvalue weighted by molar-refractivity contribution is 5.72. The maximum atomic E-state index is 11.3.